The molecule has 0 aliphatic carbocycles. The number of ether oxygens (including phenoxy) is 1. The molecule has 2 rings (SSSR count). The lowest BCUT2D eigenvalue weighted by molar-refractivity contribution is -0.132. The first kappa shape index (κ1) is 20.0. The Bertz CT molecular complexity index is 793. The second kappa shape index (κ2) is 9.96. The van der Waals surface area contributed by atoms with Crippen molar-refractivity contribution in [1.82, 2.24) is 10.2 Å². The number of nitrogens with one attached hydrogen (secondary N) is 2. The zero-order valence-electron chi connectivity index (χ0n) is 15.4. The Morgan fingerprint density at radius 2 is 1.67 bits per heavy atom. The Kier molecular flexibility index (Phi) is 7.37. The number of benzene rings is 2. The summed E-state index contributed by atoms with van der Waals surface area (Å²) in [5, 5.41) is 5.26. The SMILES string of the molecule is CCOc1ccccc1C(=O)NCC(=O)N(C)CC(=O)Nc1ccccc1. The lowest BCUT2D eigenvalue weighted by atomic mass is 10.2. The van der Waals surface area contributed by atoms with Crippen LogP contribution in [0.15, 0.2) is 54.6 Å². The molecule has 3 amide bonds. The van der Waals surface area contributed by atoms with Gasteiger partial charge in [0.05, 0.1) is 25.3 Å². The summed E-state index contributed by atoms with van der Waals surface area (Å²) < 4.78 is 5.41. The molecule has 2 aromatic rings. The Morgan fingerprint density at radius 1 is 1.00 bits per heavy atom. The van der Waals surface area contributed by atoms with E-state index in [0.717, 1.165) is 0 Å². The van der Waals surface area contributed by atoms with Gasteiger partial charge in [-0.15, -0.1) is 0 Å². The molecule has 0 bridgehead atoms. The van der Waals surface area contributed by atoms with Gasteiger partial charge in [0.25, 0.3) is 5.91 Å². The van der Waals surface area contributed by atoms with Gasteiger partial charge in [-0.3, -0.25) is 14.4 Å². The summed E-state index contributed by atoms with van der Waals surface area (Å²) in [6.45, 7) is 1.93. The first-order chi connectivity index (χ1) is 13.0. The normalized spacial score (nSPS) is 10.0. The zero-order chi connectivity index (χ0) is 19.6. The van der Waals surface area contributed by atoms with Gasteiger partial charge in [0.2, 0.25) is 11.8 Å². The van der Waals surface area contributed by atoms with Gasteiger partial charge in [-0.25, -0.2) is 0 Å². The molecule has 0 heterocycles. The first-order valence-corrected chi connectivity index (χ1v) is 8.60. The first-order valence-electron chi connectivity index (χ1n) is 8.60. The third-order valence-corrected chi connectivity index (χ3v) is 3.70. The maximum atomic E-state index is 12.3. The van der Waals surface area contributed by atoms with Crippen LogP contribution in [0.4, 0.5) is 5.69 Å². The number of nitrogens with zero attached hydrogens (tertiary/aromatic N) is 1. The lowest BCUT2D eigenvalue weighted by Crippen LogP contribution is -2.41. The van der Waals surface area contributed by atoms with Crippen LogP contribution in [-0.2, 0) is 9.59 Å². The van der Waals surface area contributed by atoms with E-state index in [9.17, 15) is 14.4 Å². The van der Waals surface area contributed by atoms with Crippen LogP contribution < -0.4 is 15.4 Å². The van der Waals surface area contributed by atoms with E-state index >= 15 is 0 Å². The molecule has 0 saturated heterocycles. The van der Waals surface area contributed by atoms with Crippen LogP contribution in [-0.4, -0.2) is 49.4 Å². The van der Waals surface area contributed by atoms with Crippen LogP contribution in [0.5, 0.6) is 5.75 Å². The number of rotatable bonds is 8. The van der Waals surface area contributed by atoms with Crippen LogP contribution in [0.1, 0.15) is 17.3 Å². The Balaban J connectivity index is 1.84. The van der Waals surface area contributed by atoms with Crippen molar-refractivity contribution in [2.24, 2.45) is 0 Å². The molecule has 0 aliphatic heterocycles. The topological polar surface area (TPSA) is 87.7 Å². The molecular weight excluding hydrogens is 346 g/mol. The van der Waals surface area contributed by atoms with Crippen molar-refractivity contribution >= 4 is 23.4 Å². The number of carbonyl (C=O) groups excluding carboxylic acids is 3. The largest absolute Gasteiger partial charge is 0.493 e. The molecule has 7 nitrogen and oxygen atoms in total. The van der Waals surface area contributed by atoms with Crippen LogP contribution in [0.2, 0.25) is 0 Å². The van der Waals surface area contributed by atoms with Crippen molar-refractivity contribution in [1.29, 1.82) is 0 Å². The summed E-state index contributed by atoms with van der Waals surface area (Å²) in [5.41, 5.74) is 1.01. The predicted octanol–water partition coefficient (Wildman–Crippen LogP) is 1.91. The molecule has 0 atom stereocenters. The minimum atomic E-state index is -0.408. The van der Waals surface area contributed by atoms with E-state index in [2.05, 4.69) is 10.6 Å². The monoisotopic (exact) mass is 369 g/mol. The Hall–Kier alpha value is -3.35. The van der Waals surface area contributed by atoms with E-state index in [4.69, 9.17) is 4.74 Å². The zero-order valence-corrected chi connectivity index (χ0v) is 15.4. The molecule has 142 valence electrons. The van der Waals surface area contributed by atoms with Crippen molar-refractivity contribution in [2.75, 3.05) is 32.1 Å². The van der Waals surface area contributed by atoms with Crippen LogP contribution in [0, 0.1) is 0 Å². The number of hydrogen-bond acceptors (Lipinski definition) is 4. The number of carbonyl (C=O) groups is 3. The van der Waals surface area contributed by atoms with Gasteiger partial charge in [0, 0.05) is 12.7 Å². The predicted molar refractivity (Wildman–Crippen MR) is 103 cm³/mol. The summed E-state index contributed by atoms with van der Waals surface area (Å²) in [4.78, 5) is 37.7. The lowest BCUT2D eigenvalue weighted by Gasteiger charge is -2.17. The summed E-state index contributed by atoms with van der Waals surface area (Å²) >= 11 is 0. The number of anilines is 1. The van der Waals surface area contributed by atoms with Gasteiger partial charge in [-0.05, 0) is 31.2 Å². The third kappa shape index (κ3) is 6.14. The van der Waals surface area contributed by atoms with Crippen LogP contribution >= 0.6 is 0 Å². The van der Waals surface area contributed by atoms with E-state index in [1.165, 1.54) is 11.9 Å². The highest BCUT2D eigenvalue weighted by Gasteiger charge is 2.16. The molecule has 0 radical (unpaired) electrons. The number of hydrogen-bond donors (Lipinski definition) is 2. The third-order valence-electron chi connectivity index (χ3n) is 3.70. The van der Waals surface area contributed by atoms with Crippen molar-refractivity contribution < 1.29 is 19.1 Å². The fourth-order valence-corrected chi connectivity index (χ4v) is 2.35. The highest BCUT2D eigenvalue weighted by Crippen LogP contribution is 2.17. The van der Waals surface area contributed by atoms with Gasteiger partial charge in [-0.2, -0.15) is 0 Å². The Labute approximate surface area is 158 Å². The molecule has 0 fully saturated rings. The highest BCUT2D eigenvalue weighted by atomic mass is 16.5. The quantitative estimate of drug-likeness (QED) is 0.744. The molecule has 0 spiro atoms. The van der Waals surface area contributed by atoms with E-state index in [1.54, 1.807) is 48.5 Å². The maximum absolute atomic E-state index is 12.3. The molecular formula is C20H23N3O4. The number of para-hydroxylation sites is 2. The van der Waals surface area contributed by atoms with Crippen molar-refractivity contribution in [3.05, 3.63) is 60.2 Å². The fourth-order valence-electron chi connectivity index (χ4n) is 2.35. The average molecular weight is 369 g/mol. The molecule has 0 aromatic heterocycles. The second-order valence-corrected chi connectivity index (χ2v) is 5.78. The van der Waals surface area contributed by atoms with E-state index < -0.39 is 5.91 Å². The average Bonchev–Trinajstić information content (AvgIpc) is 2.67. The van der Waals surface area contributed by atoms with E-state index in [1.807, 2.05) is 13.0 Å². The van der Waals surface area contributed by atoms with Gasteiger partial charge in [-0.1, -0.05) is 30.3 Å². The van der Waals surface area contributed by atoms with Crippen molar-refractivity contribution in [3.63, 3.8) is 0 Å². The highest BCUT2D eigenvalue weighted by molar-refractivity contribution is 5.99. The number of amides is 3. The van der Waals surface area contributed by atoms with Crippen molar-refractivity contribution in [3.8, 4) is 5.75 Å². The van der Waals surface area contributed by atoms with Crippen LogP contribution in [0.3, 0.4) is 0 Å². The molecule has 7 heteroatoms. The molecule has 2 aromatic carbocycles. The van der Waals surface area contributed by atoms with Gasteiger partial charge < -0.3 is 20.3 Å². The summed E-state index contributed by atoms with van der Waals surface area (Å²) in [6, 6.07) is 15.8. The maximum Gasteiger partial charge on any atom is 0.255 e. The summed E-state index contributed by atoms with van der Waals surface area (Å²) in [5.74, 6) is -0.638. The van der Waals surface area contributed by atoms with E-state index in [0.29, 0.717) is 23.6 Å². The molecule has 0 saturated carbocycles. The molecule has 2 N–H and O–H groups in total. The Morgan fingerprint density at radius 3 is 2.37 bits per heavy atom. The summed E-state index contributed by atoms with van der Waals surface area (Å²) in [6.07, 6.45) is 0. The van der Waals surface area contributed by atoms with Gasteiger partial charge in [0.1, 0.15) is 5.75 Å². The summed E-state index contributed by atoms with van der Waals surface area (Å²) in [7, 11) is 1.51. The molecule has 0 aliphatic rings. The van der Waals surface area contributed by atoms with E-state index in [-0.39, 0.29) is 24.9 Å². The fraction of sp³-hybridized carbons (Fsp3) is 0.250. The standard InChI is InChI=1S/C20H23N3O4/c1-3-27-17-12-8-7-11-16(17)20(26)21-13-19(25)23(2)14-18(24)22-15-9-5-4-6-10-15/h4-12H,3,13-14H2,1-2H3,(H,21,26)(H,22,24). The molecule has 0 unspecified atom stereocenters. The minimum absolute atomic E-state index is 0.112. The number of likely N-dealkylation sites (N-methyl/N-ethyl adjacent to an activating group) is 1. The van der Waals surface area contributed by atoms with Crippen LogP contribution in [0.25, 0.3) is 0 Å². The van der Waals surface area contributed by atoms with Gasteiger partial charge in [0.15, 0.2) is 0 Å². The minimum Gasteiger partial charge on any atom is -0.493 e. The smallest absolute Gasteiger partial charge is 0.255 e. The molecule has 27 heavy (non-hydrogen) atoms. The van der Waals surface area contributed by atoms with Crippen molar-refractivity contribution in [2.45, 2.75) is 6.92 Å². The second-order valence-electron chi connectivity index (χ2n) is 5.78. The van der Waals surface area contributed by atoms with Gasteiger partial charge >= 0.3 is 0 Å².